The van der Waals surface area contributed by atoms with Gasteiger partial charge in [-0.05, 0) is 26.6 Å². The summed E-state index contributed by atoms with van der Waals surface area (Å²) in [4.78, 5) is 7.86. The first-order chi connectivity index (χ1) is 4.70. The van der Waals surface area contributed by atoms with Crippen molar-refractivity contribution < 1.29 is 4.21 Å². The van der Waals surface area contributed by atoms with Gasteiger partial charge in [-0.1, -0.05) is 0 Å². The molecule has 0 aliphatic heterocycles. The van der Waals surface area contributed by atoms with Crippen molar-refractivity contribution in [2.24, 2.45) is 0 Å². The van der Waals surface area contributed by atoms with E-state index in [1.807, 2.05) is 0 Å². The van der Waals surface area contributed by atoms with E-state index in [0.717, 1.165) is 0 Å². The Morgan fingerprint density at radius 1 is 1.50 bits per heavy atom. The summed E-state index contributed by atoms with van der Waals surface area (Å²) in [5.41, 5.74) is 0. The zero-order valence-corrected chi connectivity index (χ0v) is 7.78. The normalized spacial score (nSPS) is 13.0. The Morgan fingerprint density at radius 2 is 2.00 bits per heavy atom. The second kappa shape index (κ2) is 3.41. The maximum absolute atomic E-state index is 10.5. The molecule has 0 amide bonds. The van der Waals surface area contributed by atoms with Crippen LogP contribution in [0.2, 0.25) is 0 Å². The van der Waals surface area contributed by atoms with Gasteiger partial charge in [0.2, 0.25) is 0 Å². The van der Waals surface area contributed by atoms with Crippen molar-refractivity contribution in [2.45, 2.75) is 4.90 Å². The first kappa shape index (κ1) is 8.10. The molecule has 1 aromatic rings. The van der Waals surface area contributed by atoms with Gasteiger partial charge in [-0.25, -0.2) is 14.2 Å². The van der Waals surface area contributed by atoms with E-state index in [1.165, 1.54) is 12.4 Å². The maximum Gasteiger partial charge on any atom is 0.196 e. The predicted octanol–water partition coefficient (Wildman–Crippen LogP) is 1.50. The minimum Gasteiger partial charge on any atom is -0.237 e. The molecule has 3 nitrogen and oxygen atoms in total. The van der Waals surface area contributed by atoms with Gasteiger partial charge in [-0.15, -0.1) is 0 Å². The summed E-state index contributed by atoms with van der Waals surface area (Å²) in [6, 6.07) is 0. The van der Waals surface area contributed by atoms with Gasteiger partial charge < -0.3 is 0 Å². The molecule has 0 radical (unpaired) electrons. The summed E-state index contributed by atoms with van der Waals surface area (Å²) in [5, 5.41) is 0. The molecule has 0 saturated carbocycles. The average Bonchev–Trinajstić information content (AvgIpc) is 1.88. The second-order valence-corrected chi connectivity index (χ2v) is 3.88. The zero-order valence-electron chi connectivity index (χ0n) is 4.62. The fourth-order valence-corrected chi connectivity index (χ4v) is 1.10. The molecule has 0 N–H and O–H groups in total. The van der Waals surface area contributed by atoms with Gasteiger partial charge in [-0.2, -0.15) is 0 Å². The molecule has 0 spiro atoms. The van der Waals surface area contributed by atoms with Crippen LogP contribution in [0, 0.1) is 0 Å². The van der Waals surface area contributed by atoms with E-state index in [1.54, 1.807) is 0 Å². The molecule has 0 saturated heterocycles. The molecular weight excluding hydrogens is 239 g/mol. The molecule has 0 aliphatic rings. The molecule has 54 valence electrons. The SMILES string of the molecule is O=S(Cl)c1cnc(Br)nc1. The summed E-state index contributed by atoms with van der Waals surface area (Å²) in [6.07, 6.45) is 2.81. The highest BCUT2D eigenvalue weighted by Crippen LogP contribution is 2.08. The molecule has 6 heteroatoms. The van der Waals surface area contributed by atoms with Crippen molar-refractivity contribution in [3.63, 3.8) is 0 Å². The van der Waals surface area contributed by atoms with E-state index in [0.29, 0.717) is 9.63 Å². The molecule has 0 fully saturated rings. The molecule has 1 unspecified atom stereocenters. The Balaban J connectivity index is 3.00. The fourth-order valence-electron chi connectivity index (χ4n) is 0.383. The maximum atomic E-state index is 10.5. The molecule has 1 heterocycles. The molecular formula is C4H2BrClN2OS. The van der Waals surface area contributed by atoms with Crippen LogP contribution in [-0.4, -0.2) is 14.2 Å². The van der Waals surface area contributed by atoms with Gasteiger partial charge in [0.25, 0.3) is 0 Å². The minimum absolute atomic E-state index is 0.407. The highest BCUT2D eigenvalue weighted by Gasteiger charge is 1.99. The number of hydrogen-bond donors (Lipinski definition) is 0. The van der Waals surface area contributed by atoms with Gasteiger partial charge in [0.1, 0.15) is 0 Å². The lowest BCUT2D eigenvalue weighted by molar-refractivity contribution is 0.690. The van der Waals surface area contributed by atoms with E-state index in [9.17, 15) is 4.21 Å². The van der Waals surface area contributed by atoms with Gasteiger partial charge in [-0.3, -0.25) is 0 Å². The fraction of sp³-hybridized carbons (Fsp3) is 0. The largest absolute Gasteiger partial charge is 0.237 e. The Kier molecular flexibility index (Phi) is 2.76. The summed E-state index contributed by atoms with van der Waals surface area (Å²) in [6.45, 7) is 0. The predicted molar refractivity (Wildman–Crippen MR) is 42.0 cm³/mol. The Morgan fingerprint density at radius 3 is 2.40 bits per heavy atom. The van der Waals surface area contributed by atoms with E-state index in [2.05, 4.69) is 25.9 Å². The number of nitrogens with zero attached hydrogens (tertiary/aromatic N) is 2. The Bertz CT molecular complexity index is 252. The summed E-state index contributed by atoms with van der Waals surface area (Å²) < 4.78 is 11.0. The van der Waals surface area contributed by atoms with Crippen LogP contribution < -0.4 is 0 Å². The number of hydrogen-bond acceptors (Lipinski definition) is 3. The molecule has 0 bridgehead atoms. The third kappa shape index (κ3) is 2.00. The van der Waals surface area contributed by atoms with E-state index in [4.69, 9.17) is 10.7 Å². The van der Waals surface area contributed by atoms with E-state index in [-0.39, 0.29) is 0 Å². The van der Waals surface area contributed by atoms with Gasteiger partial charge in [0, 0.05) is 12.4 Å². The molecule has 0 aromatic carbocycles. The lowest BCUT2D eigenvalue weighted by Crippen LogP contribution is -1.86. The third-order valence-electron chi connectivity index (χ3n) is 0.782. The summed E-state index contributed by atoms with van der Waals surface area (Å²) >= 11 is 3.03. The highest BCUT2D eigenvalue weighted by atomic mass is 79.9. The average molecular weight is 241 g/mol. The smallest absolute Gasteiger partial charge is 0.196 e. The van der Waals surface area contributed by atoms with Crippen molar-refractivity contribution in [2.75, 3.05) is 0 Å². The highest BCUT2D eigenvalue weighted by molar-refractivity contribution is 9.10. The van der Waals surface area contributed by atoms with Crippen LogP contribution in [0.3, 0.4) is 0 Å². The van der Waals surface area contributed by atoms with Crippen molar-refractivity contribution in [1.82, 2.24) is 9.97 Å². The summed E-state index contributed by atoms with van der Waals surface area (Å²) in [5.74, 6) is 0. The lowest BCUT2D eigenvalue weighted by atomic mass is 10.7. The van der Waals surface area contributed by atoms with Gasteiger partial charge in [0.05, 0.1) is 4.90 Å². The van der Waals surface area contributed by atoms with Crippen molar-refractivity contribution in [3.8, 4) is 0 Å². The van der Waals surface area contributed by atoms with Crippen LogP contribution >= 0.6 is 26.6 Å². The van der Waals surface area contributed by atoms with Gasteiger partial charge >= 0.3 is 0 Å². The standard InChI is InChI=1S/C4H2BrClN2OS/c5-4-7-1-3(2-8-4)10(6)9/h1-2H. The van der Waals surface area contributed by atoms with Gasteiger partial charge in [0.15, 0.2) is 14.7 Å². The monoisotopic (exact) mass is 240 g/mol. The lowest BCUT2D eigenvalue weighted by Gasteiger charge is -1.90. The van der Waals surface area contributed by atoms with E-state index >= 15 is 0 Å². The quantitative estimate of drug-likeness (QED) is 0.553. The van der Waals surface area contributed by atoms with Crippen LogP contribution in [0.15, 0.2) is 22.0 Å². The molecule has 10 heavy (non-hydrogen) atoms. The van der Waals surface area contributed by atoms with Crippen LogP contribution in [0.4, 0.5) is 0 Å². The van der Waals surface area contributed by atoms with Crippen molar-refractivity contribution in [1.29, 1.82) is 0 Å². The second-order valence-electron chi connectivity index (χ2n) is 1.41. The molecule has 1 aromatic heterocycles. The minimum atomic E-state index is -1.51. The molecule has 1 atom stereocenters. The Labute approximate surface area is 72.9 Å². The van der Waals surface area contributed by atoms with Crippen molar-refractivity contribution in [3.05, 3.63) is 17.1 Å². The summed E-state index contributed by atoms with van der Waals surface area (Å²) in [7, 11) is 3.72. The first-order valence-corrected chi connectivity index (χ1v) is 5.02. The molecule has 0 aliphatic carbocycles. The molecule has 1 rings (SSSR count). The van der Waals surface area contributed by atoms with Crippen LogP contribution in [0.25, 0.3) is 0 Å². The number of halogens is 2. The van der Waals surface area contributed by atoms with E-state index < -0.39 is 10.0 Å². The van der Waals surface area contributed by atoms with Crippen LogP contribution in [0.1, 0.15) is 0 Å². The zero-order chi connectivity index (χ0) is 7.56. The number of rotatable bonds is 1. The Hall–Kier alpha value is -0.000000000000000111. The van der Waals surface area contributed by atoms with Crippen LogP contribution in [0.5, 0.6) is 0 Å². The van der Waals surface area contributed by atoms with Crippen molar-refractivity contribution >= 4 is 36.6 Å². The topological polar surface area (TPSA) is 42.9 Å². The first-order valence-electron chi connectivity index (χ1n) is 2.26. The third-order valence-corrected chi connectivity index (χ3v) is 2.31. The number of aromatic nitrogens is 2. The van der Waals surface area contributed by atoms with Crippen LogP contribution in [-0.2, 0) is 10.0 Å².